The molecule has 1 amide bonds. The van der Waals surface area contributed by atoms with Crippen LogP contribution in [0.5, 0.6) is 11.5 Å². The minimum atomic E-state index is 0.224. The second-order valence-corrected chi connectivity index (χ2v) is 7.28. The van der Waals surface area contributed by atoms with Crippen molar-refractivity contribution in [3.05, 3.63) is 53.1 Å². The van der Waals surface area contributed by atoms with Gasteiger partial charge in [0.05, 0.1) is 14.2 Å². The van der Waals surface area contributed by atoms with Gasteiger partial charge in [-0.05, 0) is 54.2 Å². The Bertz CT molecular complexity index is 849. The van der Waals surface area contributed by atoms with Crippen LogP contribution in [0.3, 0.4) is 0 Å². The number of carbonyl (C=O) groups excluding carboxylic acids is 1. The molecule has 1 atom stereocenters. The Kier molecular flexibility index (Phi) is 4.92. The lowest BCUT2D eigenvalue weighted by Gasteiger charge is -2.25. The standard InChI is InChI=1S/C22H26N2O3/c1-26-20-7-4-15(13-21(20)27-2)12-18-5-8-22(25)24(18)14-16-3-6-19-17(11-16)9-10-23-19/h3-4,6-7,11,13,18,23H,5,8-10,12,14H2,1-2H3. The van der Waals surface area contributed by atoms with Gasteiger partial charge in [0.15, 0.2) is 11.5 Å². The fourth-order valence-corrected chi connectivity index (χ4v) is 4.16. The number of benzene rings is 2. The summed E-state index contributed by atoms with van der Waals surface area (Å²) in [6.07, 6.45) is 3.43. The Morgan fingerprint density at radius 1 is 1.04 bits per heavy atom. The van der Waals surface area contributed by atoms with Gasteiger partial charge in [0.1, 0.15) is 0 Å². The van der Waals surface area contributed by atoms with Crippen LogP contribution in [0, 0.1) is 0 Å². The van der Waals surface area contributed by atoms with Crippen molar-refractivity contribution < 1.29 is 14.3 Å². The quantitative estimate of drug-likeness (QED) is 0.851. The van der Waals surface area contributed by atoms with Gasteiger partial charge in [0.2, 0.25) is 5.91 Å². The van der Waals surface area contributed by atoms with Crippen LogP contribution in [0.2, 0.25) is 0 Å². The zero-order valence-corrected chi connectivity index (χ0v) is 16.0. The van der Waals surface area contributed by atoms with Crippen LogP contribution >= 0.6 is 0 Å². The third-order valence-corrected chi connectivity index (χ3v) is 5.60. The molecule has 142 valence electrons. The van der Waals surface area contributed by atoms with E-state index in [1.54, 1.807) is 14.2 Å². The van der Waals surface area contributed by atoms with Crippen molar-refractivity contribution in [3.63, 3.8) is 0 Å². The van der Waals surface area contributed by atoms with Gasteiger partial charge in [-0.25, -0.2) is 0 Å². The van der Waals surface area contributed by atoms with E-state index in [-0.39, 0.29) is 11.9 Å². The Labute approximate surface area is 160 Å². The summed E-state index contributed by atoms with van der Waals surface area (Å²) in [7, 11) is 3.29. The SMILES string of the molecule is COc1ccc(CC2CCC(=O)N2Cc2ccc3c(c2)CCN3)cc1OC. The van der Waals surface area contributed by atoms with E-state index < -0.39 is 0 Å². The highest BCUT2D eigenvalue weighted by molar-refractivity contribution is 5.79. The first-order valence-electron chi connectivity index (χ1n) is 9.54. The van der Waals surface area contributed by atoms with Gasteiger partial charge in [-0.2, -0.15) is 0 Å². The van der Waals surface area contributed by atoms with E-state index in [0.29, 0.717) is 13.0 Å². The molecule has 1 fully saturated rings. The predicted octanol–water partition coefficient (Wildman–Crippen LogP) is 3.41. The first-order valence-corrected chi connectivity index (χ1v) is 9.54. The number of carbonyl (C=O) groups is 1. The summed E-state index contributed by atoms with van der Waals surface area (Å²) in [6.45, 7) is 1.69. The summed E-state index contributed by atoms with van der Waals surface area (Å²) >= 11 is 0. The minimum Gasteiger partial charge on any atom is -0.493 e. The average Bonchev–Trinajstić information content (AvgIpc) is 3.29. The molecule has 1 saturated heterocycles. The molecule has 2 aliphatic rings. The van der Waals surface area contributed by atoms with E-state index in [4.69, 9.17) is 9.47 Å². The molecule has 2 heterocycles. The summed E-state index contributed by atoms with van der Waals surface area (Å²) in [5, 5.41) is 3.39. The smallest absolute Gasteiger partial charge is 0.223 e. The maximum absolute atomic E-state index is 12.5. The van der Waals surface area contributed by atoms with E-state index in [0.717, 1.165) is 42.9 Å². The lowest BCUT2D eigenvalue weighted by Crippen LogP contribution is -2.33. The lowest BCUT2D eigenvalue weighted by atomic mass is 10.0. The number of nitrogens with zero attached hydrogens (tertiary/aromatic N) is 1. The molecule has 0 radical (unpaired) electrons. The molecule has 0 aromatic heterocycles. The number of likely N-dealkylation sites (tertiary alicyclic amines) is 1. The summed E-state index contributed by atoms with van der Waals surface area (Å²) in [6, 6.07) is 12.8. The third kappa shape index (κ3) is 3.59. The van der Waals surface area contributed by atoms with E-state index in [1.807, 2.05) is 17.0 Å². The van der Waals surface area contributed by atoms with Crippen LogP contribution < -0.4 is 14.8 Å². The predicted molar refractivity (Wildman–Crippen MR) is 105 cm³/mol. The first kappa shape index (κ1) is 17.7. The van der Waals surface area contributed by atoms with Crippen LogP contribution in [0.15, 0.2) is 36.4 Å². The van der Waals surface area contributed by atoms with E-state index in [9.17, 15) is 4.79 Å². The fourth-order valence-electron chi connectivity index (χ4n) is 4.16. The normalized spacial score (nSPS) is 18.4. The van der Waals surface area contributed by atoms with Crippen LogP contribution in [-0.2, 0) is 24.2 Å². The van der Waals surface area contributed by atoms with Gasteiger partial charge in [-0.1, -0.05) is 18.2 Å². The zero-order chi connectivity index (χ0) is 18.8. The molecule has 27 heavy (non-hydrogen) atoms. The van der Waals surface area contributed by atoms with Crippen LogP contribution in [-0.4, -0.2) is 37.6 Å². The van der Waals surface area contributed by atoms with Gasteiger partial charge in [-0.15, -0.1) is 0 Å². The molecule has 1 N–H and O–H groups in total. The molecular weight excluding hydrogens is 340 g/mol. The van der Waals surface area contributed by atoms with Gasteiger partial charge >= 0.3 is 0 Å². The molecule has 5 heteroatoms. The number of ether oxygens (including phenoxy) is 2. The number of hydrogen-bond donors (Lipinski definition) is 1. The second kappa shape index (κ2) is 7.51. The van der Waals surface area contributed by atoms with Gasteiger partial charge in [-0.3, -0.25) is 4.79 Å². The zero-order valence-electron chi connectivity index (χ0n) is 16.0. The number of rotatable bonds is 6. The summed E-state index contributed by atoms with van der Waals surface area (Å²) in [4.78, 5) is 14.5. The molecule has 4 rings (SSSR count). The van der Waals surface area contributed by atoms with Crippen molar-refractivity contribution in [3.8, 4) is 11.5 Å². The Balaban J connectivity index is 1.50. The summed E-state index contributed by atoms with van der Waals surface area (Å²) in [5.41, 5.74) is 4.96. The Morgan fingerprint density at radius 2 is 1.85 bits per heavy atom. The van der Waals surface area contributed by atoms with E-state index >= 15 is 0 Å². The minimum absolute atomic E-state index is 0.224. The molecule has 2 aromatic rings. The monoisotopic (exact) mass is 366 g/mol. The Hall–Kier alpha value is -2.69. The van der Waals surface area contributed by atoms with Crippen molar-refractivity contribution in [2.45, 2.75) is 38.3 Å². The highest BCUT2D eigenvalue weighted by Crippen LogP contribution is 2.31. The first-order chi connectivity index (χ1) is 13.2. The molecule has 5 nitrogen and oxygen atoms in total. The Morgan fingerprint density at radius 3 is 2.67 bits per heavy atom. The maximum atomic E-state index is 12.5. The molecule has 2 aromatic carbocycles. The average molecular weight is 366 g/mol. The topological polar surface area (TPSA) is 50.8 Å². The maximum Gasteiger partial charge on any atom is 0.223 e. The lowest BCUT2D eigenvalue weighted by molar-refractivity contribution is -0.129. The highest BCUT2D eigenvalue weighted by atomic mass is 16.5. The number of nitrogens with one attached hydrogen (secondary N) is 1. The van der Waals surface area contributed by atoms with E-state index in [2.05, 4.69) is 29.6 Å². The highest BCUT2D eigenvalue weighted by Gasteiger charge is 2.31. The molecule has 1 unspecified atom stereocenters. The number of hydrogen-bond acceptors (Lipinski definition) is 4. The van der Waals surface area contributed by atoms with Crippen molar-refractivity contribution in [2.24, 2.45) is 0 Å². The molecule has 0 saturated carbocycles. The van der Waals surface area contributed by atoms with E-state index in [1.165, 1.54) is 16.8 Å². The van der Waals surface area contributed by atoms with Gasteiger partial charge in [0.25, 0.3) is 0 Å². The number of fused-ring (bicyclic) bond motifs is 1. The van der Waals surface area contributed by atoms with Crippen LogP contribution in [0.4, 0.5) is 5.69 Å². The molecule has 0 spiro atoms. The van der Waals surface area contributed by atoms with Crippen molar-refractivity contribution in [1.82, 2.24) is 4.90 Å². The number of amides is 1. The van der Waals surface area contributed by atoms with Gasteiger partial charge < -0.3 is 19.7 Å². The van der Waals surface area contributed by atoms with Crippen molar-refractivity contribution in [1.29, 1.82) is 0 Å². The summed E-state index contributed by atoms with van der Waals surface area (Å²) < 4.78 is 10.7. The largest absolute Gasteiger partial charge is 0.493 e. The van der Waals surface area contributed by atoms with Crippen LogP contribution in [0.1, 0.15) is 29.5 Å². The summed E-state index contributed by atoms with van der Waals surface area (Å²) in [5.74, 6) is 1.71. The third-order valence-electron chi connectivity index (χ3n) is 5.60. The van der Waals surface area contributed by atoms with Crippen molar-refractivity contribution >= 4 is 11.6 Å². The van der Waals surface area contributed by atoms with Crippen molar-refractivity contribution in [2.75, 3.05) is 26.1 Å². The second-order valence-electron chi connectivity index (χ2n) is 7.28. The molecule has 0 bridgehead atoms. The van der Waals surface area contributed by atoms with Crippen LogP contribution in [0.25, 0.3) is 0 Å². The number of anilines is 1. The molecule has 0 aliphatic carbocycles. The molecule has 2 aliphatic heterocycles. The fraction of sp³-hybridized carbons (Fsp3) is 0.409. The number of methoxy groups -OCH3 is 2. The van der Waals surface area contributed by atoms with Gasteiger partial charge in [0, 0.05) is 31.2 Å². The molecular formula is C22H26N2O3.